The van der Waals surface area contributed by atoms with Gasteiger partial charge in [-0.25, -0.2) is 0 Å². The Morgan fingerprint density at radius 1 is 0.923 bits per heavy atom. The normalized spacial score (nSPS) is 24.6. The third-order valence-electron chi connectivity index (χ3n) is 6.44. The summed E-state index contributed by atoms with van der Waals surface area (Å²) >= 11 is 0. The first-order valence-corrected chi connectivity index (χ1v) is 10.7. The molecule has 2 aliphatic heterocycles. The Hall–Kier alpha value is -1.14. The van der Waals surface area contributed by atoms with Crippen LogP contribution in [0.5, 0.6) is 0 Å². The molecule has 1 N–H and O–H groups in total. The number of nitrogens with zero attached hydrogens (tertiary/aromatic N) is 3. The maximum absolute atomic E-state index is 12.5. The van der Waals surface area contributed by atoms with Crippen LogP contribution in [0.3, 0.4) is 0 Å². The minimum absolute atomic E-state index is 0.0741. The van der Waals surface area contributed by atoms with Gasteiger partial charge in [0.1, 0.15) is 0 Å². The molecule has 0 aromatic rings. The van der Waals surface area contributed by atoms with Gasteiger partial charge in [0.2, 0.25) is 11.8 Å². The summed E-state index contributed by atoms with van der Waals surface area (Å²) in [5, 5.41) is 3.17. The molecule has 2 saturated heterocycles. The van der Waals surface area contributed by atoms with Crippen molar-refractivity contribution in [2.45, 2.75) is 57.9 Å². The highest BCUT2D eigenvalue weighted by molar-refractivity contribution is 5.81. The maximum atomic E-state index is 12.5. The summed E-state index contributed by atoms with van der Waals surface area (Å²) in [6.45, 7) is 8.73. The lowest BCUT2D eigenvalue weighted by molar-refractivity contribution is -0.133. The SMILES string of the molecule is CC(C(=O)NCC1CCCCC1)N1CCN(CC(=O)N2CCCC2)CC1. The van der Waals surface area contributed by atoms with Gasteiger partial charge in [0.05, 0.1) is 12.6 Å². The van der Waals surface area contributed by atoms with Gasteiger partial charge < -0.3 is 10.2 Å². The van der Waals surface area contributed by atoms with E-state index in [1.165, 1.54) is 32.1 Å². The molecule has 6 heteroatoms. The number of rotatable bonds is 6. The zero-order chi connectivity index (χ0) is 18.4. The lowest BCUT2D eigenvalue weighted by Gasteiger charge is -2.37. The predicted molar refractivity (Wildman–Crippen MR) is 103 cm³/mol. The van der Waals surface area contributed by atoms with Crippen molar-refractivity contribution in [3.8, 4) is 0 Å². The monoisotopic (exact) mass is 364 g/mol. The van der Waals surface area contributed by atoms with Crippen molar-refractivity contribution in [3.05, 3.63) is 0 Å². The first-order valence-electron chi connectivity index (χ1n) is 10.7. The van der Waals surface area contributed by atoms with Gasteiger partial charge in [0.25, 0.3) is 0 Å². The number of likely N-dealkylation sites (tertiary alicyclic amines) is 1. The summed E-state index contributed by atoms with van der Waals surface area (Å²) in [5.74, 6) is 1.11. The third kappa shape index (κ3) is 5.43. The number of hydrogen-bond donors (Lipinski definition) is 1. The van der Waals surface area contributed by atoms with Gasteiger partial charge in [-0.15, -0.1) is 0 Å². The van der Waals surface area contributed by atoms with Crippen LogP contribution in [0.2, 0.25) is 0 Å². The number of nitrogens with one attached hydrogen (secondary N) is 1. The predicted octanol–water partition coefficient (Wildman–Crippen LogP) is 1.31. The van der Waals surface area contributed by atoms with E-state index in [-0.39, 0.29) is 17.9 Å². The highest BCUT2D eigenvalue weighted by Gasteiger charge is 2.28. The van der Waals surface area contributed by atoms with Crippen LogP contribution < -0.4 is 5.32 Å². The van der Waals surface area contributed by atoms with Gasteiger partial charge in [0, 0.05) is 45.8 Å². The molecule has 0 spiro atoms. The molecule has 0 aromatic carbocycles. The molecule has 0 bridgehead atoms. The van der Waals surface area contributed by atoms with Gasteiger partial charge in [-0.3, -0.25) is 19.4 Å². The van der Waals surface area contributed by atoms with Crippen LogP contribution >= 0.6 is 0 Å². The quantitative estimate of drug-likeness (QED) is 0.772. The average molecular weight is 365 g/mol. The molecular weight excluding hydrogens is 328 g/mol. The number of amides is 2. The Morgan fingerprint density at radius 3 is 2.23 bits per heavy atom. The second-order valence-electron chi connectivity index (χ2n) is 8.33. The number of carbonyl (C=O) groups excluding carboxylic acids is 2. The lowest BCUT2D eigenvalue weighted by Crippen LogP contribution is -2.55. The lowest BCUT2D eigenvalue weighted by atomic mass is 9.89. The Kier molecular flexibility index (Phi) is 7.32. The molecule has 2 heterocycles. The van der Waals surface area contributed by atoms with Crippen LogP contribution in [-0.4, -0.2) is 84.9 Å². The molecule has 1 unspecified atom stereocenters. The van der Waals surface area contributed by atoms with Gasteiger partial charge in [-0.1, -0.05) is 19.3 Å². The van der Waals surface area contributed by atoms with E-state index in [1.54, 1.807) is 0 Å². The van der Waals surface area contributed by atoms with Crippen molar-refractivity contribution in [1.29, 1.82) is 0 Å². The second kappa shape index (κ2) is 9.70. The smallest absolute Gasteiger partial charge is 0.237 e. The highest BCUT2D eigenvalue weighted by atomic mass is 16.2. The van der Waals surface area contributed by atoms with Crippen LogP contribution in [0.15, 0.2) is 0 Å². The van der Waals surface area contributed by atoms with Gasteiger partial charge >= 0.3 is 0 Å². The number of hydrogen-bond acceptors (Lipinski definition) is 4. The summed E-state index contributed by atoms with van der Waals surface area (Å²) in [6.07, 6.45) is 8.80. The molecule has 6 nitrogen and oxygen atoms in total. The molecule has 148 valence electrons. The first-order chi connectivity index (χ1) is 12.6. The number of carbonyl (C=O) groups is 2. The maximum Gasteiger partial charge on any atom is 0.237 e. The highest BCUT2D eigenvalue weighted by Crippen LogP contribution is 2.22. The fourth-order valence-corrected chi connectivity index (χ4v) is 4.52. The Bertz CT molecular complexity index is 464. The fourth-order valence-electron chi connectivity index (χ4n) is 4.52. The van der Waals surface area contributed by atoms with E-state index < -0.39 is 0 Å². The van der Waals surface area contributed by atoms with Gasteiger partial charge in [0.15, 0.2) is 0 Å². The molecule has 3 rings (SSSR count). The average Bonchev–Trinajstić information content (AvgIpc) is 3.22. The molecule has 2 amide bonds. The third-order valence-corrected chi connectivity index (χ3v) is 6.44. The minimum atomic E-state index is -0.0741. The molecule has 0 radical (unpaired) electrons. The van der Waals surface area contributed by atoms with Crippen LogP contribution in [0, 0.1) is 5.92 Å². The molecule has 0 aromatic heterocycles. The van der Waals surface area contributed by atoms with Crippen molar-refractivity contribution in [2.75, 3.05) is 52.4 Å². The summed E-state index contributed by atoms with van der Waals surface area (Å²) in [6, 6.07) is -0.0741. The molecule has 3 aliphatic rings. The van der Waals surface area contributed by atoms with Crippen molar-refractivity contribution in [3.63, 3.8) is 0 Å². The van der Waals surface area contributed by atoms with Crippen molar-refractivity contribution < 1.29 is 9.59 Å². The fraction of sp³-hybridized carbons (Fsp3) is 0.900. The topological polar surface area (TPSA) is 55.9 Å². The van der Waals surface area contributed by atoms with E-state index in [4.69, 9.17) is 0 Å². The minimum Gasteiger partial charge on any atom is -0.354 e. The van der Waals surface area contributed by atoms with E-state index in [1.807, 2.05) is 11.8 Å². The van der Waals surface area contributed by atoms with Crippen LogP contribution in [0.4, 0.5) is 0 Å². The van der Waals surface area contributed by atoms with E-state index in [9.17, 15) is 9.59 Å². The molecule has 1 atom stereocenters. The molecule has 1 saturated carbocycles. The first kappa shape index (κ1) is 19.6. The summed E-state index contributed by atoms with van der Waals surface area (Å²) < 4.78 is 0. The van der Waals surface area contributed by atoms with Crippen molar-refractivity contribution in [2.24, 2.45) is 5.92 Å². The Balaban J connectivity index is 1.35. The Labute approximate surface area is 158 Å². The van der Waals surface area contributed by atoms with Gasteiger partial charge in [-0.05, 0) is 38.5 Å². The van der Waals surface area contributed by atoms with Gasteiger partial charge in [-0.2, -0.15) is 0 Å². The van der Waals surface area contributed by atoms with Crippen molar-refractivity contribution >= 4 is 11.8 Å². The molecule has 26 heavy (non-hydrogen) atoms. The van der Waals surface area contributed by atoms with E-state index in [2.05, 4.69) is 15.1 Å². The summed E-state index contributed by atoms with van der Waals surface area (Å²) in [4.78, 5) is 31.3. The standard InChI is InChI=1S/C20H36N4O2/c1-17(20(26)21-15-18-7-3-2-4-8-18)23-13-11-22(12-14-23)16-19(25)24-9-5-6-10-24/h17-18H,2-16H2,1H3,(H,21,26). The van der Waals surface area contributed by atoms with E-state index in [0.29, 0.717) is 12.5 Å². The molecule has 3 fully saturated rings. The number of piperazine rings is 1. The zero-order valence-electron chi connectivity index (χ0n) is 16.4. The van der Waals surface area contributed by atoms with Crippen LogP contribution in [0.1, 0.15) is 51.9 Å². The summed E-state index contributed by atoms with van der Waals surface area (Å²) in [7, 11) is 0. The van der Waals surface area contributed by atoms with E-state index in [0.717, 1.165) is 58.7 Å². The van der Waals surface area contributed by atoms with E-state index >= 15 is 0 Å². The Morgan fingerprint density at radius 2 is 1.58 bits per heavy atom. The van der Waals surface area contributed by atoms with Crippen LogP contribution in [0.25, 0.3) is 0 Å². The largest absolute Gasteiger partial charge is 0.354 e. The second-order valence-corrected chi connectivity index (χ2v) is 8.33. The summed E-state index contributed by atoms with van der Waals surface area (Å²) in [5.41, 5.74) is 0. The molecule has 1 aliphatic carbocycles. The van der Waals surface area contributed by atoms with Crippen LogP contribution in [-0.2, 0) is 9.59 Å². The molecular formula is C20H36N4O2. The van der Waals surface area contributed by atoms with Crippen molar-refractivity contribution in [1.82, 2.24) is 20.0 Å². The zero-order valence-corrected chi connectivity index (χ0v) is 16.4.